The Kier molecular flexibility index (Phi) is 4.06. The summed E-state index contributed by atoms with van der Waals surface area (Å²) in [4.78, 5) is 2.43. The highest BCUT2D eigenvalue weighted by Gasteiger charge is 2.20. The molecule has 1 nitrogen and oxygen atoms in total. The molecule has 1 aromatic carbocycles. The van der Waals surface area contributed by atoms with Gasteiger partial charge >= 0.3 is 0 Å². The molecule has 1 aromatic heterocycles. The number of halogens is 3. The van der Waals surface area contributed by atoms with Crippen molar-refractivity contribution in [1.29, 1.82) is 0 Å². The first-order valence-corrected chi connectivity index (χ1v) is 8.05. The molecule has 1 N–H and O–H groups in total. The lowest BCUT2D eigenvalue weighted by Crippen LogP contribution is -2.14. The number of hydrogen-bond donors (Lipinski definition) is 1. The smallest absolute Gasteiger partial charge is 0.0607 e. The maximum absolute atomic E-state index is 6.23. The molecule has 1 aliphatic carbocycles. The van der Waals surface area contributed by atoms with E-state index in [0.29, 0.717) is 15.1 Å². The van der Waals surface area contributed by atoms with Gasteiger partial charge in [0.2, 0.25) is 0 Å². The third kappa shape index (κ3) is 3.26. The van der Waals surface area contributed by atoms with Crippen LogP contribution in [0.4, 0.5) is 0 Å². The minimum atomic E-state index is 0.489. The Balaban J connectivity index is 1.83. The molecule has 0 amide bonds. The van der Waals surface area contributed by atoms with Crippen LogP contribution in [0, 0.1) is 0 Å². The van der Waals surface area contributed by atoms with Gasteiger partial charge in [0.1, 0.15) is 0 Å². The van der Waals surface area contributed by atoms with Crippen LogP contribution in [-0.4, -0.2) is 6.04 Å². The molecule has 100 valence electrons. The van der Waals surface area contributed by atoms with Crippen molar-refractivity contribution >= 4 is 46.1 Å². The number of rotatable bonds is 4. The topological polar surface area (TPSA) is 12.0 Å². The van der Waals surface area contributed by atoms with Gasteiger partial charge in [0.25, 0.3) is 0 Å². The zero-order valence-electron chi connectivity index (χ0n) is 10.1. The van der Waals surface area contributed by atoms with Crippen molar-refractivity contribution in [2.75, 3.05) is 0 Å². The lowest BCUT2D eigenvalue weighted by Gasteiger charge is -2.04. The number of thiophene rings is 1. The van der Waals surface area contributed by atoms with Gasteiger partial charge in [0.05, 0.1) is 15.1 Å². The van der Waals surface area contributed by atoms with E-state index in [-0.39, 0.29) is 0 Å². The highest BCUT2D eigenvalue weighted by molar-refractivity contribution is 7.15. The van der Waals surface area contributed by atoms with E-state index in [1.807, 2.05) is 6.07 Å². The van der Waals surface area contributed by atoms with Gasteiger partial charge in [-0.15, -0.1) is 11.3 Å². The Morgan fingerprint density at radius 2 is 1.79 bits per heavy atom. The number of nitrogens with one attached hydrogen (secondary N) is 1. The molecule has 0 spiro atoms. The van der Waals surface area contributed by atoms with E-state index < -0.39 is 0 Å². The van der Waals surface area contributed by atoms with E-state index in [1.165, 1.54) is 17.7 Å². The van der Waals surface area contributed by atoms with Crippen molar-refractivity contribution in [3.63, 3.8) is 0 Å². The molecule has 2 aromatic rings. The van der Waals surface area contributed by atoms with Crippen molar-refractivity contribution in [2.45, 2.75) is 25.4 Å². The predicted octanol–water partition coefficient (Wildman–Crippen LogP) is 5.63. The average molecular weight is 333 g/mol. The minimum Gasteiger partial charge on any atom is -0.309 e. The monoisotopic (exact) mass is 331 g/mol. The van der Waals surface area contributed by atoms with Crippen molar-refractivity contribution < 1.29 is 0 Å². The fraction of sp³-hybridized carbons (Fsp3) is 0.286. The largest absolute Gasteiger partial charge is 0.309 e. The van der Waals surface area contributed by atoms with Crippen molar-refractivity contribution in [1.82, 2.24) is 5.32 Å². The highest BCUT2D eigenvalue weighted by Crippen LogP contribution is 2.38. The van der Waals surface area contributed by atoms with E-state index in [1.54, 1.807) is 17.4 Å². The van der Waals surface area contributed by atoms with Crippen LogP contribution in [0.3, 0.4) is 0 Å². The molecule has 0 saturated heterocycles. The molecule has 3 rings (SSSR count). The van der Waals surface area contributed by atoms with Crippen LogP contribution >= 0.6 is 46.1 Å². The molecule has 1 aliphatic rings. The van der Waals surface area contributed by atoms with Crippen molar-refractivity contribution in [2.24, 2.45) is 0 Å². The Hall–Kier alpha value is -0.250. The van der Waals surface area contributed by atoms with E-state index >= 15 is 0 Å². The Labute approximate surface area is 131 Å². The third-order valence-corrected chi connectivity index (χ3v) is 5.23. The summed E-state index contributed by atoms with van der Waals surface area (Å²) in [5, 5.41) is 5.16. The SMILES string of the molecule is Clc1cc(Cl)c(-c2ccc(CNC3CC3)s2)cc1Cl. The molecular formula is C14H12Cl3NS. The van der Waals surface area contributed by atoms with Gasteiger partial charge < -0.3 is 5.32 Å². The summed E-state index contributed by atoms with van der Waals surface area (Å²) in [5.41, 5.74) is 0.943. The first-order valence-electron chi connectivity index (χ1n) is 6.10. The zero-order valence-corrected chi connectivity index (χ0v) is 13.1. The summed E-state index contributed by atoms with van der Waals surface area (Å²) in [5.74, 6) is 0. The maximum Gasteiger partial charge on any atom is 0.0607 e. The quantitative estimate of drug-likeness (QED) is 0.716. The molecular weight excluding hydrogens is 321 g/mol. The second-order valence-corrected chi connectivity index (χ2v) is 7.06. The lowest BCUT2D eigenvalue weighted by atomic mass is 10.2. The van der Waals surface area contributed by atoms with Gasteiger partial charge in [-0.05, 0) is 37.1 Å². The second kappa shape index (κ2) is 5.63. The standard InChI is InChI=1S/C14H12Cl3NS/c15-11-6-13(17)12(16)5-10(11)14-4-3-9(19-14)7-18-8-1-2-8/h3-6,8,18H,1-2,7H2. The second-order valence-electron chi connectivity index (χ2n) is 4.67. The van der Waals surface area contributed by atoms with Crippen LogP contribution in [0.5, 0.6) is 0 Å². The fourth-order valence-corrected chi connectivity index (χ4v) is 3.56. The summed E-state index contributed by atoms with van der Waals surface area (Å²) >= 11 is 20.0. The van der Waals surface area contributed by atoms with E-state index in [0.717, 1.165) is 23.0 Å². The van der Waals surface area contributed by atoms with Crippen LogP contribution in [0.2, 0.25) is 15.1 Å². The van der Waals surface area contributed by atoms with E-state index in [2.05, 4.69) is 17.4 Å². The molecule has 1 fully saturated rings. The van der Waals surface area contributed by atoms with Gasteiger partial charge in [-0.25, -0.2) is 0 Å². The lowest BCUT2D eigenvalue weighted by molar-refractivity contribution is 0.695. The number of hydrogen-bond acceptors (Lipinski definition) is 2. The fourth-order valence-electron chi connectivity index (χ4n) is 1.86. The van der Waals surface area contributed by atoms with Gasteiger partial charge in [-0.1, -0.05) is 34.8 Å². The van der Waals surface area contributed by atoms with Crippen molar-refractivity contribution in [3.05, 3.63) is 44.2 Å². The van der Waals surface area contributed by atoms with Crippen molar-refractivity contribution in [3.8, 4) is 10.4 Å². The normalized spacial score (nSPS) is 14.9. The minimum absolute atomic E-state index is 0.489. The summed E-state index contributed by atoms with van der Waals surface area (Å²) in [6, 6.07) is 8.46. The molecule has 0 atom stereocenters. The van der Waals surface area contributed by atoms with Crippen LogP contribution in [-0.2, 0) is 6.54 Å². The first kappa shape index (κ1) is 13.7. The van der Waals surface area contributed by atoms with Crippen LogP contribution in [0.25, 0.3) is 10.4 Å². The summed E-state index contributed by atoms with van der Waals surface area (Å²) in [7, 11) is 0. The Morgan fingerprint density at radius 3 is 2.53 bits per heavy atom. The Morgan fingerprint density at radius 1 is 1.05 bits per heavy atom. The summed E-state index contributed by atoms with van der Waals surface area (Å²) in [6.07, 6.45) is 2.60. The molecule has 0 bridgehead atoms. The number of benzene rings is 1. The molecule has 0 unspecified atom stereocenters. The van der Waals surface area contributed by atoms with Crippen LogP contribution in [0.1, 0.15) is 17.7 Å². The van der Waals surface area contributed by atoms with E-state index in [9.17, 15) is 0 Å². The molecule has 5 heteroatoms. The predicted molar refractivity (Wildman–Crippen MR) is 84.6 cm³/mol. The maximum atomic E-state index is 6.23. The summed E-state index contributed by atoms with van der Waals surface area (Å²) in [6.45, 7) is 0.925. The highest BCUT2D eigenvalue weighted by atomic mass is 35.5. The van der Waals surface area contributed by atoms with Crippen LogP contribution in [0.15, 0.2) is 24.3 Å². The van der Waals surface area contributed by atoms with E-state index in [4.69, 9.17) is 34.8 Å². The zero-order chi connectivity index (χ0) is 13.4. The molecule has 1 heterocycles. The molecule has 0 radical (unpaired) electrons. The Bertz CT molecular complexity index is 605. The van der Waals surface area contributed by atoms with Crippen LogP contribution < -0.4 is 5.32 Å². The van der Waals surface area contributed by atoms with Gasteiger partial charge in [0, 0.05) is 27.9 Å². The molecule has 1 saturated carbocycles. The van der Waals surface area contributed by atoms with Gasteiger partial charge in [0.15, 0.2) is 0 Å². The van der Waals surface area contributed by atoms with Gasteiger partial charge in [-0.2, -0.15) is 0 Å². The summed E-state index contributed by atoms with van der Waals surface area (Å²) < 4.78 is 0. The average Bonchev–Trinajstić information content (AvgIpc) is 3.09. The van der Waals surface area contributed by atoms with Gasteiger partial charge in [-0.3, -0.25) is 0 Å². The molecule has 19 heavy (non-hydrogen) atoms. The first-order chi connectivity index (χ1) is 9.13. The third-order valence-electron chi connectivity index (χ3n) is 3.08. The molecule has 0 aliphatic heterocycles.